The van der Waals surface area contributed by atoms with Crippen molar-refractivity contribution in [2.24, 2.45) is 0 Å². The van der Waals surface area contributed by atoms with Crippen LogP contribution in [0.15, 0.2) is 41.6 Å². The van der Waals surface area contributed by atoms with Crippen molar-refractivity contribution in [3.05, 3.63) is 47.1 Å². The van der Waals surface area contributed by atoms with Crippen molar-refractivity contribution in [2.45, 2.75) is 6.42 Å². The summed E-state index contributed by atoms with van der Waals surface area (Å²) in [6.45, 7) is 4.07. The number of rotatable bonds is 3. The molecule has 0 saturated carbocycles. The minimum Gasteiger partial charge on any atom is -0.354 e. The summed E-state index contributed by atoms with van der Waals surface area (Å²) in [5.41, 5.74) is 2.74. The van der Waals surface area contributed by atoms with Gasteiger partial charge in [0.1, 0.15) is 10.1 Å². The third-order valence-electron chi connectivity index (χ3n) is 4.79. The van der Waals surface area contributed by atoms with Gasteiger partial charge in [-0.2, -0.15) is 0 Å². The summed E-state index contributed by atoms with van der Waals surface area (Å²) in [5, 5.41) is 2.64. The van der Waals surface area contributed by atoms with Crippen LogP contribution in [0.1, 0.15) is 12.0 Å². The van der Waals surface area contributed by atoms with E-state index >= 15 is 0 Å². The molecule has 3 heterocycles. The molecule has 1 N–H and O–H groups in total. The van der Waals surface area contributed by atoms with Crippen molar-refractivity contribution in [2.75, 3.05) is 38.1 Å². The molecule has 2 aromatic rings. The van der Waals surface area contributed by atoms with Gasteiger partial charge in [-0.15, -0.1) is 0 Å². The van der Waals surface area contributed by atoms with Gasteiger partial charge >= 0.3 is 0 Å². The molecule has 2 aliphatic rings. The van der Waals surface area contributed by atoms with Gasteiger partial charge in [-0.25, -0.2) is 4.98 Å². The molecule has 4 rings (SSSR count). The van der Waals surface area contributed by atoms with E-state index in [0.29, 0.717) is 9.23 Å². The van der Waals surface area contributed by atoms with E-state index in [1.807, 2.05) is 36.5 Å². The van der Waals surface area contributed by atoms with E-state index in [0.717, 1.165) is 55.2 Å². The van der Waals surface area contributed by atoms with E-state index in [1.165, 1.54) is 11.8 Å². The molecule has 6 nitrogen and oxygen atoms in total. The number of benzene rings is 1. The summed E-state index contributed by atoms with van der Waals surface area (Å²) < 4.78 is 0.495. The number of aromatic nitrogens is 2. The third-order valence-corrected chi connectivity index (χ3v) is 5.95. The Balaban J connectivity index is 1.59. The highest BCUT2D eigenvalue weighted by atomic mass is 32.2. The molecule has 0 spiro atoms. The fourth-order valence-corrected chi connectivity index (χ4v) is 4.33. The number of anilines is 1. The van der Waals surface area contributed by atoms with Crippen LogP contribution < -0.4 is 10.2 Å². The minimum atomic E-state index is -0.145. The lowest BCUT2D eigenvalue weighted by atomic mass is 10.1. The van der Waals surface area contributed by atoms with Gasteiger partial charge in [-0.3, -0.25) is 9.78 Å². The van der Waals surface area contributed by atoms with Crippen LogP contribution in [0.3, 0.4) is 0 Å². The average Bonchev–Trinajstić information content (AvgIpc) is 2.88. The van der Waals surface area contributed by atoms with Gasteiger partial charge in [0.2, 0.25) is 0 Å². The lowest BCUT2D eigenvalue weighted by molar-refractivity contribution is -0.115. The van der Waals surface area contributed by atoms with Crippen molar-refractivity contribution in [1.29, 1.82) is 0 Å². The quantitative estimate of drug-likeness (QED) is 0.616. The molecule has 2 saturated heterocycles. The fourth-order valence-electron chi connectivity index (χ4n) is 3.28. The first kappa shape index (κ1) is 19.0. The number of hydrogen-bond acceptors (Lipinski definition) is 7. The van der Waals surface area contributed by atoms with Gasteiger partial charge < -0.3 is 15.1 Å². The number of thiocarbonyl (C=S) groups is 1. The van der Waals surface area contributed by atoms with Gasteiger partial charge in [0, 0.05) is 25.2 Å². The number of thioether (sulfide) groups is 1. The summed E-state index contributed by atoms with van der Waals surface area (Å²) in [4.78, 5) is 26.4. The van der Waals surface area contributed by atoms with E-state index < -0.39 is 0 Å². The first-order chi connectivity index (χ1) is 13.6. The molecule has 1 aromatic heterocycles. The molecule has 144 valence electrons. The van der Waals surface area contributed by atoms with Gasteiger partial charge in [0.05, 0.1) is 23.0 Å². The SMILES string of the molecule is CN1CCCN(c2cncc(-c3cccc(/C=C4/SC(=S)NC4=O)c3)n2)CC1. The molecular weight excluding hydrogens is 390 g/mol. The normalized spacial score (nSPS) is 19.8. The molecule has 1 amide bonds. The zero-order valence-corrected chi connectivity index (χ0v) is 17.2. The molecule has 28 heavy (non-hydrogen) atoms. The Morgan fingerprint density at radius 2 is 2.11 bits per heavy atom. The Bertz CT molecular complexity index is 946. The smallest absolute Gasteiger partial charge is 0.263 e. The van der Waals surface area contributed by atoms with E-state index in [1.54, 1.807) is 6.20 Å². The third kappa shape index (κ3) is 4.40. The van der Waals surface area contributed by atoms with Crippen LogP contribution in [0, 0.1) is 0 Å². The second kappa shape index (κ2) is 8.38. The van der Waals surface area contributed by atoms with Crippen LogP contribution in [-0.2, 0) is 4.79 Å². The maximum atomic E-state index is 11.9. The number of nitrogens with zero attached hydrogens (tertiary/aromatic N) is 4. The highest BCUT2D eigenvalue weighted by molar-refractivity contribution is 8.26. The monoisotopic (exact) mass is 411 g/mol. The van der Waals surface area contributed by atoms with Crippen molar-refractivity contribution < 1.29 is 4.79 Å². The van der Waals surface area contributed by atoms with Crippen LogP contribution in [0.25, 0.3) is 17.3 Å². The van der Waals surface area contributed by atoms with Gasteiger partial charge in [-0.05, 0) is 37.7 Å². The summed E-state index contributed by atoms with van der Waals surface area (Å²) in [5.74, 6) is 0.765. The topological polar surface area (TPSA) is 61.4 Å². The number of carbonyl (C=O) groups excluding carboxylic acids is 1. The molecule has 2 aliphatic heterocycles. The molecule has 2 fully saturated rings. The number of hydrogen-bond donors (Lipinski definition) is 1. The molecule has 0 aliphatic carbocycles. The predicted octanol–water partition coefficient (Wildman–Crippen LogP) is 2.77. The Morgan fingerprint density at radius 1 is 1.21 bits per heavy atom. The second-order valence-electron chi connectivity index (χ2n) is 6.88. The molecular formula is C20H21N5OS2. The van der Waals surface area contributed by atoms with Crippen molar-refractivity contribution in [3.8, 4) is 11.3 Å². The minimum absolute atomic E-state index is 0.145. The van der Waals surface area contributed by atoms with Crippen molar-refractivity contribution in [1.82, 2.24) is 20.2 Å². The Hall–Kier alpha value is -2.29. The summed E-state index contributed by atoms with van der Waals surface area (Å²) in [7, 11) is 2.15. The van der Waals surface area contributed by atoms with Crippen LogP contribution in [0.4, 0.5) is 5.82 Å². The molecule has 8 heteroatoms. The highest BCUT2D eigenvalue weighted by Crippen LogP contribution is 2.27. The highest BCUT2D eigenvalue weighted by Gasteiger charge is 2.22. The number of carbonyl (C=O) groups is 1. The summed E-state index contributed by atoms with van der Waals surface area (Å²) in [6.07, 6.45) is 6.59. The van der Waals surface area contributed by atoms with Crippen LogP contribution in [0.5, 0.6) is 0 Å². The molecule has 0 atom stereocenters. The van der Waals surface area contributed by atoms with Crippen LogP contribution >= 0.6 is 24.0 Å². The number of nitrogens with one attached hydrogen (secondary N) is 1. The van der Waals surface area contributed by atoms with Crippen molar-refractivity contribution >= 4 is 46.1 Å². The van der Waals surface area contributed by atoms with Gasteiger partial charge in [0.15, 0.2) is 0 Å². The molecule has 0 unspecified atom stereocenters. The van der Waals surface area contributed by atoms with Gasteiger partial charge in [-0.1, -0.05) is 42.2 Å². The van der Waals surface area contributed by atoms with E-state index in [4.69, 9.17) is 17.2 Å². The van der Waals surface area contributed by atoms with Gasteiger partial charge in [0.25, 0.3) is 5.91 Å². The number of likely N-dealkylation sites (N-methyl/N-ethyl adjacent to an activating group) is 1. The first-order valence-electron chi connectivity index (χ1n) is 9.19. The van der Waals surface area contributed by atoms with E-state index in [-0.39, 0.29) is 5.91 Å². The zero-order valence-electron chi connectivity index (χ0n) is 15.6. The largest absolute Gasteiger partial charge is 0.354 e. The van der Waals surface area contributed by atoms with Crippen LogP contribution in [-0.4, -0.2) is 58.3 Å². The van der Waals surface area contributed by atoms with E-state index in [9.17, 15) is 4.79 Å². The summed E-state index contributed by atoms with van der Waals surface area (Å²) >= 11 is 6.34. The van der Waals surface area contributed by atoms with E-state index in [2.05, 4.69) is 27.1 Å². The second-order valence-corrected chi connectivity index (χ2v) is 8.60. The lowest BCUT2D eigenvalue weighted by Crippen LogP contribution is -2.29. The molecule has 0 bridgehead atoms. The molecule has 1 aromatic carbocycles. The predicted molar refractivity (Wildman–Crippen MR) is 118 cm³/mol. The standard InChI is InChI=1S/C20H21N5OS2/c1-24-6-3-7-25(9-8-24)18-13-21-12-16(22-18)15-5-2-4-14(10-15)11-17-19(26)23-20(27)28-17/h2,4-5,10-13H,3,6-9H2,1H3,(H,23,26,27)/b17-11+. The van der Waals surface area contributed by atoms with Crippen molar-refractivity contribution in [3.63, 3.8) is 0 Å². The lowest BCUT2D eigenvalue weighted by Gasteiger charge is -2.21. The fraction of sp³-hybridized carbons (Fsp3) is 0.300. The molecule has 0 radical (unpaired) electrons. The van der Waals surface area contributed by atoms with Crippen LogP contribution in [0.2, 0.25) is 0 Å². The maximum Gasteiger partial charge on any atom is 0.263 e. The summed E-state index contributed by atoms with van der Waals surface area (Å²) in [6, 6.07) is 7.96. The zero-order chi connectivity index (χ0) is 19.5. The number of amides is 1. The Kier molecular flexibility index (Phi) is 5.70. The Labute approximate surface area is 174 Å². The maximum absolute atomic E-state index is 11.9. The first-order valence-corrected chi connectivity index (χ1v) is 10.4. The average molecular weight is 412 g/mol. The Morgan fingerprint density at radius 3 is 2.93 bits per heavy atom.